The van der Waals surface area contributed by atoms with Crippen molar-refractivity contribution in [1.29, 1.82) is 0 Å². The monoisotopic (exact) mass is 263 g/mol. The molecule has 0 spiro atoms. The van der Waals surface area contributed by atoms with Crippen LogP contribution in [0.25, 0.3) is 0 Å². The molecule has 0 unspecified atom stereocenters. The Balaban J connectivity index is 2.26. The van der Waals surface area contributed by atoms with Gasteiger partial charge in [-0.1, -0.05) is 39.0 Å². The lowest BCUT2D eigenvalue weighted by atomic mass is 10.1. The number of anilines is 1. The fourth-order valence-electron chi connectivity index (χ4n) is 2.15. The molecule has 1 rings (SSSR count). The van der Waals surface area contributed by atoms with E-state index >= 15 is 0 Å². The van der Waals surface area contributed by atoms with E-state index in [-0.39, 0.29) is 0 Å². The van der Waals surface area contributed by atoms with Crippen molar-refractivity contribution in [3.63, 3.8) is 0 Å². The smallest absolute Gasteiger partial charge is 0.335 e. The molecule has 0 bridgehead atoms. The minimum absolute atomic E-state index is 0.380. The second kappa shape index (κ2) is 8.57. The predicted octanol–water partition coefficient (Wildman–Crippen LogP) is 4.47. The Hall–Kier alpha value is -1.51. The van der Waals surface area contributed by atoms with Crippen LogP contribution in [0.3, 0.4) is 0 Å². The van der Waals surface area contributed by atoms with Crippen LogP contribution in [0.5, 0.6) is 0 Å². The summed E-state index contributed by atoms with van der Waals surface area (Å²) in [5.41, 5.74) is 2.20. The van der Waals surface area contributed by atoms with E-state index in [1.54, 1.807) is 6.07 Å². The summed E-state index contributed by atoms with van der Waals surface area (Å²) in [5.74, 6) is -0.861. The molecule has 106 valence electrons. The van der Waals surface area contributed by atoms with Crippen LogP contribution in [0.4, 0.5) is 5.69 Å². The highest BCUT2D eigenvalue weighted by atomic mass is 16.4. The third kappa shape index (κ3) is 5.77. The zero-order valence-corrected chi connectivity index (χ0v) is 12.0. The molecule has 0 aromatic heterocycles. The van der Waals surface area contributed by atoms with Gasteiger partial charge in [0.05, 0.1) is 5.56 Å². The van der Waals surface area contributed by atoms with Crippen LogP contribution in [0.1, 0.15) is 61.4 Å². The van der Waals surface area contributed by atoms with Crippen molar-refractivity contribution >= 4 is 11.7 Å². The number of rotatable bonds is 9. The Bertz CT molecular complexity index is 402. The van der Waals surface area contributed by atoms with Gasteiger partial charge in [0.1, 0.15) is 0 Å². The summed E-state index contributed by atoms with van der Waals surface area (Å²) in [6.45, 7) is 5.02. The molecule has 0 saturated heterocycles. The number of unbranched alkanes of at least 4 members (excludes halogenated alkanes) is 5. The number of carboxylic acids is 1. The van der Waals surface area contributed by atoms with Crippen molar-refractivity contribution < 1.29 is 9.90 Å². The Morgan fingerprint density at radius 3 is 2.47 bits per heavy atom. The van der Waals surface area contributed by atoms with Crippen LogP contribution in [0.15, 0.2) is 18.2 Å². The number of aromatic carboxylic acids is 1. The largest absolute Gasteiger partial charge is 0.478 e. The molecule has 3 heteroatoms. The number of benzene rings is 1. The van der Waals surface area contributed by atoms with Crippen molar-refractivity contribution in [3.8, 4) is 0 Å². The van der Waals surface area contributed by atoms with Crippen molar-refractivity contribution in [3.05, 3.63) is 29.3 Å². The summed E-state index contributed by atoms with van der Waals surface area (Å²) in [4.78, 5) is 10.9. The zero-order chi connectivity index (χ0) is 14.1. The molecule has 19 heavy (non-hydrogen) atoms. The van der Waals surface area contributed by atoms with Gasteiger partial charge in [0, 0.05) is 12.2 Å². The van der Waals surface area contributed by atoms with Gasteiger partial charge >= 0.3 is 5.97 Å². The second-order valence-corrected chi connectivity index (χ2v) is 5.03. The minimum atomic E-state index is -0.861. The first-order valence-electron chi connectivity index (χ1n) is 7.23. The van der Waals surface area contributed by atoms with E-state index in [9.17, 15) is 4.79 Å². The normalized spacial score (nSPS) is 10.4. The molecule has 0 heterocycles. The van der Waals surface area contributed by atoms with E-state index in [0.717, 1.165) is 17.8 Å². The average molecular weight is 263 g/mol. The maximum atomic E-state index is 10.9. The molecule has 0 aliphatic heterocycles. The van der Waals surface area contributed by atoms with Gasteiger partial charge in [0.2, 0.25) is 0 Å². The minimum Gasteiger partial charge on any atom is -0.478 e. The molecule has 1 aromatic rings. The molecule has 1 aromatic carbocycles. The summed E-state index contributed by atoms with van der Waals surface area (Å²) in [5, 5.41) is 12.3. The van der Waals surface area contributed by atoms with Crippen LogP contribution in [0.2, 0.25) is 0 Å². The zero-order valence-electron chi connectivity index (χ0n) is 12.0. The van der Waals surface area contributed by atoms with Gasteiger partial charge in [-0.05, 0) is 37.1 Å². The van der Waals surface area contributed by atoms with E-state index in [2.05, 4.69) is 12.2 Å². The lowest BCUT2D eigenvalue weighted by Crippen LogP contribution is -2.04. The van der Waals surface area contributed by atoms with Gasteiger partial charge < -0.3 is 10.4 Å². The molecular weight excluding hydrogens is 238 g/mol. The molecule has 3 nitrogen and oxygen atoms in total. The number of hydrogen-bond acceptors (Lipinski definition) is 2. The molecule has 0 aliphatic rings. The lowest BCUT2D eigenvalue weighted by Gasteiger charge is -2.08. The van der Waals surface area contributed by atoms with E-state index in [0.29, 0.717) is 5.56 Å². The van der Waals surface area contributed by atoms with Gasteiger partial charge in [0.25, 0.3) is 0 Å². The highest BCUT2D eigenvalue weighted by molar-refractivity contribution is 5.89. The highest BCUT2D eigenvalue weighted by Crippen LogP contribution is 2.15. The van der Waals surface area contributed by atoms with Crippen LogP contribution < -0.4 is 5.32 Å². The molecule has 0 saturated carbocycles. The van der Waals surface area contributed by atoms with Crippen LogP contribution in [-0.2, 0) is 0 Å². The first kappa shape index (κ1) is 15.5. The van der Waals surface area contributed by atoms with E-state index in [4.69, 9.17) is 5.11 Å². The molecule has 0 atom stereocenters. The topological polar surface area (TPSA) is 49.3 Å². The average Bonchev–Trinajstić information content (AvgIpc) is 2.37. The number of hydrogen-bond donors (Lipinski definition) is 2. The highest BCUT2D eigenvalue weighted by Gasteiger charge is 2.06. The Kier molecular flexibility index (Phi) is 7.01. The maximum Gasteiger partial charge on any atom is 0.335 e. The summed E-state index contributed by atoms with van der Waals surface area (Å²) in [6, 6.07) is 5.41. The Morgan fingerprint density at radius 2 is 1.84 bits per heavy atom. The van der Waals surface area contributed by atoms with Gasteiger partial charge in [-0.25, -0.2) is 4.79 Å². The van der Waals surface area contributed by atoms with Gasteiger partial charge in [-0.15, -0.1) is 0 Å². The Morgan fingerprint density at radius 1 is 1.16 bits per heavy atom. The standard InChI is InChI=1S/C16H25NO2/c1-3-4-5-6-7-8-11-17-14-9-10-15(16(18)19)13(2)12-14/h9-10,12,17H,3-8,11H2,1-2H3,(H,18,19). The summed E-state index contributed by atoms with van der Waals surface area (Å²) >= 11 is 0. The van der Waals surface area contributed by atoms with Crippen molar-refractivity contribution in [2.75, 3.05) is 11.9 Å². The number of nitrogens with one attached hydrogen (secondary N) is 1. The second-order valence-electron chi connectivity index (χ2n) is 5.03. The molecule has 0 fully saturated rings. The van der Waals surface area contributed by atoms with E-state index in [1.807, 2.05) is 19.1 Å². The fraction of sp³-hybridized carbons (Fsp3) is 0.562. The lowest BCUT2D eigenvalue weighted by molar-refractivity contribution is 0.0696. The SMILES string of the molecule is CCCCCCCCNc1ccc(C(=O)O)c(C)c1. The summed E-state index contributed by atoms with van der Waals surface area (Å²) < 4.78 is 0. The van der Waals surface area contributed by atoms with Crippen LogP contribution in [-0.4, -0.2) is 17.6 Å². The fourth-order valence-corrected chi connectivity index (χ4v) is 2.15. The molecular formula is C16H25NO2. The number of carbonyl (C=O) groups is 1. The predicted molar refractivity (Wildman–Crippen MR) is 80.0 cm³/mol. The van der Waals surface area contributed by atoms with Crippen LogP contribution >= 0.6 is 0 Å². The quantitative estimate of drug-likeness (QED) is 0.646. The number of carboxylic acid groups (broad SMARTS) is 1. The third-order valence-corrected chi connectivity index (χ3v) is 3.32. The Labute approximate surface area is 116 Å². The molecule has 0 amide bonds. The van der Waals surface area contributed by atoms with Crippen molar-refractivity contribution in [2.45, 2.75) is 52.4 Å². The van der Waals surface area contributed by atoms with Gasteiger partial charge in [-0.3, -0.25) is 0 Å². The van der Waals surface area contributed by atoms with Gasteiger partial charge in [0.15, 0.2) is 0 Å². The van der Waals surface area contributed by atoms with E-state index < -0.39 is 5.97 Å². The maximum absolute atomic E-state index is 10.9. The van der Waals surface area contributed by atoms with E-state index in [1.165, 1.54) is 38.5 Å². The summed E-state index contributed by atoms with van der Waals surface area (Å²) in [7, 11) is 0. The molecule has 0 aliphatic carbocycles. The number of aryl methyl sites for hydroxylation is 1. The summed E-state index contributed by atoms with van der Waals surface area (Å²) in [6.07, 6.45) is 7.70. The van der Waals surface area contributed by atoms with Crippen LogP contribution in [0, 0.1) is 6.92 Å². The van der Waals surface area contributed by atoms with Crippen molar-refractivity contribution in [1.82, 2.24) is 0 Å². The van der Waals surface area contributed by atoms with Crippen molar-refractivity contribution in [2.24, 2.45) is 0 Å². The first-order valence-corrected chi connectivity index (χ1v) is 7.23. The van der Waals surface area contributed by atoms with Gasteiger partial charge in [-0.2, -0.15) is 0 Å². The molecule has 0 radical (unpaired) electrons. The first-order chi connectivity index (χ1) is 9.15. The molecule has 2 N–H and O–H groups in total. The third-order valence-electron chi connectivity index (χ3n) is 3.32.